The first kappa shape index (κ1) is 21.8. The lowest BCUT2D eigenvalue weighted by Gasteiger charge is -2.40. The molecule has 2 aromatic rings. The summed E-state index contributed by atoms with van der Waals surface area (Å²) in [5.74, 6) is 0.241. The first-order chi connectivity index (χ1) is 15.0. The van der Waals surface area contributed by atoms with Crippen molar-refractivity contribution in [3.8, 4) is 6.07 Å². The second kappa shape index (κ2) is 7.63. The Labute approximate surface area is 188 Å². The van der Waals surface area contributed by atoms with Crippen molar-refractivity contribution >= 4 is 17.7 Å². The molecule has 2 amide bonds. The Kier molecular flexibility index (Phi) is 5.20. The van der Waals surface area contributed by atoms with Crippen molar-refractivity contribution in [2.45, 2.75) is 52.2 Å². The molecule has 2 aliphatic heterocycles. The number of carbonyl (C=O) groups excluding carboxylic acids is 2. The van der Waals surface area contributed by atoms with Crippen LogP contribution < -0.4 is 4.90 Å². The number of hydrogen-bond acceptors (Lipinski definition) is 5. The van der Waals surface area contributed by atoms with E-state index < -0.39 is 11.1 Å². The lowest BCUT2D eigenvalue weighted by Crippen LogP contribution is -2.52. The normalized spacial score (nSPS) is 17.6. The Morgan fingerprint density at radius 3 is 2.62 bits per heavy atom. The van der Waals surface area contributed by atoms with Gasteiger partial charge in [-0.1, -0.05) is 0 Å². The van der Waals surface area contributed by atoms with Gasteiger partial charge in [-0.2, -0.15) is 5.26 Å². The average Bonchev–Trinajstić information content (AvgIpc) is 2.88. The van der Waals surface area contributed by atoms with E-state index in [1.54, 1.807) is 34.2 Å². The molecule has 0 aliphatic carbocycles. The fourth-order valence-electron chi connectivity index (χ4n) is 4.46. The van der Waals surface area contributed by atoms with Crippen molar-refractivity contribution in [3.05, 3.63) is 58.9 Å². The molecule has 0 radical (unpaired) electrons. The molecule has 0 atom stereocenters. The molecule has 0 unspecified atom stereocenters. The van der Waals surface area contributed by atoms with Crippen LogP contribution in [0.5, 0.6) is 0 Å². The molecule has 1 aromatic carbocycles. The lowest BCUT2D eigenvalue weighted by atomic mass is 9.91. The second-order valence-electron chi connectivity index (χ2n) is 10.1. The number of pyridine rings is 1. The van der Waals surface area contributed by atoms with Crippen LogP contribution in [0.15, 0.2) is 36.7 Å². The number of fused-ring (bicyclic) bond motifs is 1. The SMILES string of the molecule is CC(C)(C)OC(=O)N1CC(Cc2cncc(N3C(=O)c4ccc(C#N)cc4C3(C)C)c2)C1. The van der Waals surface area contributed by atoms with E-state index in [-0.39, 0.29) is 12.0 Å². The molecule has 0 N–H and O–H groups in total. The van der Waals surface area contributed by atoms with E-state index in [1.807, 2.05) is 46.9 Å². The number of amides is 2. The van der Waals surface area contributed by atoms with E-state index in [1.165, 1.54) is 0 Å². The predicted octanol–water partition coefficient (Wildman–Crippen LogP) is 4.26. The van der Waals surface area contributed by atoms with Crippen LogP contribution in [0, 0.1) is 17.2 Å². The third-order valence-electron chi connectivity index (χ3n) is 5.97. The zero-order chi connectivity index (χ0) is 23.3. The van der Waals surface area contributed by atoms with Gasteiger partial charge in [-0.15, -0.1) is 0 Å². The molecule has 0 saturated carbocycles. The summed E-state index contributed by atoms with van der Waals surface area (Å²) in [5, 5.41) is 9.25. The van der Waals surface area contributed by atoms with Crippen LogP contribution in [0.25, 0.3) is 0 Å². The molecule has 0 spiro atoms. The molecular weight excluding hydrogens is 404 g/mol. The lowest BCUT2D eigenvalue weighted by molar-refractivity contribution is -0.000897. The van der Waals surface area contributed by atoms with Gasteiger partial charge in [-0.3, -0.25) is 14.7 Å². The Morgan fingerprint density at radius 2 is 1.97 bits per heavy atom. The van der Waals surface area contributed by atoms with Gasteiger partial charge in [-0.25, -0.2) is 4.79 Å². The molecule has 32 heavy (non-hydrogen) atoms. The highest BCUT2D eigenvalue weighted by molar-refractivity contribution is 6.12. The van der Waals surface area contributed by atoms with Gasteiger partial charge in [0.1, 0.15) is 5.60 Å². The fraction of sp³-hybridized carbons (Fsp3) is 0.440. The maximum atomic E-state index is 13.2. The summed E-state index contributed by atoms with van der Waals surface area (Å²) in [6.07, 6.45) is 4.01. The fourth-order valence-corrected chi connectivity index (χ4v) is 4.46. The first-order valence-electron chi connectivity index (χ1n) is 10.8. The molecule has 7 nitrogen and oxygen atoms in total. The molecule has 3 heterocycles. The Balaban J connectivity index is 1.48. The summed E-state index contributed by atoms with van der Waals surface area (Å²) in [4.78, 5) is 33.2. The van der Waals surface area contributed by atoms with Crippen LogP contribution >= 0.6 is 0 Å². The molecule has 0 bridgehead atoms. The van der Waals surface area contributed by atoms with Gasteiger partial charge in [0.2, 0.25) is 0 Å². The average molecular weight is 433 g/mol. The van der Waals surface area contributed by atoms with Crippen molar-refractivity contribution in [3.63, 3.8) is 0 Å². The smallest absolute Gasteiger partial charge is 0.410 e. The quantitative estimate of drug-likeness (QED) is 0.723. The summed E-state index contributed by atoms with van der Waals surface area (Å²) < 4.78 is 5.42. The standard InChI is InChI=1S/C25H28N4O3/c1-24(2,3)32-23(31)28-14-18(15-28)8-17-9-19(13-27-12-17)29-22(30)20-7-6-16(11-26)10-21(20)25(29,4)5/h6-7,9-10,12-13,18H,8,14-15H2,1-5H3. The van der Waals surface area contributed by atoms with Crippen molar-refractivity contribution in [1.82, 2.24) is 9.88 Å². The number of carbonyl (C=O) groups is 2. The maximum Gasteiger partial charge on any atom is 0.410 e. The molecule has 166 valence electrons. The van der Waals surface area contributed by atoms with E-state index >= 15 is 0 Å². The molecule has 1 fully saturated rings. The molecule has 1 aromatic heterocycles. The van der Waals surface area contributed by atoms with Crippen LogP contribution in [0.4, 0.5) is 10.5 Å². The Morgan fingerprint density at radius 1 is 1.25 bits per heavy atom. The number of hydrogen-bond donors (Lipinski definition) is 0. The molecule has 4 rings (SSSR count). The van der Waals surface area contributed by atoms with Gasteiger partial charge in [0.15, 0.2) is 0 Å². The third kappa shape index (κ3) is 3.93. The van der Waals surface area contributed by atoms with Crippen LogP contribution in [-0.4, -0.2) is 40.6 Å². The number of nitriles is 1. The highest BCUT2D eigenvalue weighted by Crippen LogP contribution is 2.42. The van der Waals surface area contributed by atoms with E-state index in [2.05, 4.69) is 11.1 Å². The first-order valence-corrected chi connectivity index (χ1v) is 10.8. The van der Waals surface area contributed by atoms with Crippen molar-refractivity contribution in [1.29, 1.82) is 5.26 Å². The van der Waals surface area contributed by atoms with Gasteiger partial charge in [0, 0.05) is 24.8 Å². The number of ether oxygens (including phenoxy) is 1. The van der Waals surface area contributed by atoms with E-state index in [0.717, 1.165) is 23.2 Å². The number of benzene rings is 1. The molecule has 1 saturated heterocycles. The van der Waals surface area contributed by atoms with Gasteiger partial charge >= 0.3 is 6.09 Å². The number of aromatic nitrogens is 1. The number of rotatable bonds is 3. The zero-order valence-corrected chi connectivity index (χ0v) is 19.2. The number of nitrogens with zero attached hydrogens (tertiary/aromatic N) is 4. The predicted molar refractivity (Wildman–Crippen MR) is 120 cm³/mol. The summed E-state index contributed by atoms with van der Waals surface area (Å²) in [6.45, 7) is 10.8. The Hall–Kier alpha value is -3.40. The largest absolute Gasteiger partial charge is 0.444 e. The monoisotopic (exact) mass is 432 g/mol. The van der Waals surface area contributed by atoms with Crippen LogP contribution in [0.2, 0.25) is 0 Å². The van der Waals surface area contributed by atoms with Gasteiger partial charge in [-0.05, 0) is 82.3 Å². The highest BCUT2D eigenvalue weighted by atomic mass is 16.6. The second-order valence-corrected chi connectivity index (χ2v) is 10.1. The van der Waals surface area contributed by atoms with Crippen molar-refractivity contribution < 1.29 is 14.3 Å². The third-order valence-corrected chi connectivity index (χ3v) is 5.97. The van der Waals surface area contributed by atoms with Crippen LogP contribution in [0.3, 0.4) is 0 Å². The summed E-state index contributed by atoms with van der Waals surface area (Å²) in [7, 11) is 0. The minimum absolute atomic E-state index is 0.0896. The zero-order valence-electron chi connectivity index (χ0n) is 19.2. The summed E-state index contributed by atoms with van der Waals surface area (Å²) in [6, 6.07) is 9.36. The summed E-state index contributed by atoms with van der Waals surface area (Å²) >= 11 is 0. The minimum Gasteiger partial charge on any atom is -0.444 e. The van der Waals surface area contributed by atoms with E-state index in [0.29, 0.717) is 30.1 Å². The van der Waals surface area contributed by atoms with E-state index in [9.17, 15) is 14.9 Å². The van der Waals surface area contributed by atoms with E-state index in [4.69, 9.17) is 4.74 Å². The van der Waals surface area contributed by atoms with Gasteiger partial charge < -0.3 is 9.64 Å². The van der Waals surface area contributed by atoms with Crippen LogP contribution in [-0.2, 0) is 16.7 Å². The molecule has 7 heteroatoms. The van der Waals surface area contributed by atoms with Crippen molar-refractivity contribution in [2.24, 2.45) is 5.92 Å². The van der Waals surface area contributed by atoms with Gasteiger partial charge in [0.05, 0.1) is 29.1 Å². The molecule has 2 aliphatic rings. The van der Waals surface area contributed by atoms with Gasteiger partial charge in [0.25, 0.3) is 5.91 Å². The molecular formula is C25H28N4O3. The van der Waals surface area contributed by atoms with Crippen LogP contribution in [0.1, 0.15) is 61.7 Å². The number of likely N-dealkylation sites (tertiary alicyclic amines) is 1. The summed E-state index contributed by atoms with van der Waals surface area (Å²) in [5.41, 5.74) is 2.66. The topological polar surface area (TPSA) is 86.5 Å². The number of anilines is 1. The van der Waals surface area contributed by atoms with Crippen molar-refractivity contribution in [2.75, 3.05) is 18.0 Å². The Bertz CT molecular complexity index is 1120. The maximum absolute atomic E-state index is 13.2. The minimum atomic E-state index is -0.594. The highest BCUT2D eigenvalue weighted by Gasteiger charge is 2.44.